The first-order valence-electron chi connectivity index (χ1n) is 9.92. The summed E-state index contributed by atoms with van der Waals surface area (Å²) in [4.78, 5) is 14.8. The Morgan fingerprint density at radius 1 is 0.966 bits per heavy atom. The van der Waals surface area contributed by atoms with Crippen molar-refractivity contribution >= 4 is 22.0 Å². The number of nitrogens with zero attached hydrogens (tertiary/aromatic N) is 2. The first-order chi connectivity index (χ1) is 13.8. The number of carbonyl (C=O) groups is 1. The van der Waals surface area contributed by atoms with E-state index in [1.807, 2.05) is 58.0 Å². The highest BCUT2D eigenvalue weighted by atomic mass is 32.2. The van der Waals surface area contributed by atoms with Crippen molar-refractivity contribution in [2.24, 2.45) is 0 Å². The molecule has 0 aromatic heterocycles. The standard InChI is InChI=1S/C23H30N2O3S/c1-5-24(6-2)29(27,28)22-15-12-20(13-16-22)14-17-23(26)25(19(3)4)18-21-10-8-7-9-11-21/h7-17,19H,5-6,18H2,1-4H3/b17-14+. The number of benzene rings is 2. The quantitative estimate of drug-likeness (QED) is 0.579. The van der Waals surface area contributed by atoms with E-state index in [4.69, 9.17) is 0 Å². The molecule has 0 heterocycles. The number of rotatable bonds is 9. The normalized spacial score (nSPS) is 12.1. The highest BCUT2D eigenvalue weighted by Gasteiger charge is 2.21. The van der Waals surface area contributed by atoms with Crippen LogP contribution in [0.4, 0.5) is 0 Å². The lowest BCUT2D eigenvalue weighted by molar-refractivity contribution is -0.128. The maximum Gasteiger partial charge on any atom is 0.247 e. The molecule has 0 saturated heterocycles. The van der Waals surface area contributed by atoms with Crippen molar-refractivity contribution in [3.63, 3.8) is 0 Å². The molecule has 0 bridgehead atoms. The lowest BCUT2D eigenvalue weighted by Gasteiger charge is -2.25. The van der Waals surface area contributed by atoms with E-state index < -0.39 is 10.0 Å². The molecule has 0 N–H and O–H groups in total. The first-order valence-corrected chi connectivity index (χ1v) is 11.4. The van der Waals surface area contributed by atoms with Crippen LogP contribution in [0.2, 0.25) is 0 Å². The molecule has 0 spiro atoms. The van der Waals surface area contributed by atoms with E-state index >= 15 is 0 Å². The summed E-state index contributed by atoms with van der Waals surface area (Å²) in [6.07, 6.45) is 3.26. The SMILES string of the molecule is CCN(CC)S(=O)(=O)c1ccc(/C=C/C(=O)N(Cc2ccccc2)C(C)C)cc1. The van der Waals surface area contributed by atoms with E-state index in [2.05, 4.69) is 0 Å². The fraction of sp³-hybridized carbons (Fsp3) is 0.348. The average molecular weight is 415 g/mol. The van der Waals surface area contributed by atoms with Gasteiger partial charge in [-0.3, -0.25) is 4.79 Å². The smallest absolute Gasteiger partial charge is 0.247 e. The number of hydrogen-bond donors (Lipinski definition) is 0. The molecule has 29 heavy (non-hydrogen) atoms. The molecule has 1 amide bonds. The van der Waals surface area contributed by atoms with Gasteiger partial charge in [-0.15, -0.1) is 0 Å². The Labute approximate surface area is 174 Å². The van der Waals surface area contributed by atoms with Crippen molar-refractivity contribution in [3.05, 3.63) is 71.8 Å². The van der Waals surface area contributed by atoms with Crippen LogP contribution in [0, 0.1) is 0 Å². The van der Waals surface area contributed by atoms with Crippen LogP contribution in [-0.4, -0.2) is 42.7 Å². The predicted octanol–water partition coefficient (Wildman–Crippen LogP) is 4.17. The third-order valence-corrected chi connectivity index (χ3v) is 6.81. The zero-order chi connectivity index (χ0) is 21.4. The molecule has 0 aliphatic heterocycles. The van der Waals surface area contributed by atoms with Gasteiger partial charge in [0.1, 0.15) is 0 Å². The van der Waals surface area contributed by atoms with Crippen LogP contribution in [0.3, 0.4) is 0 Å². The minimum absolute atomic E-state index is 0.0638. The molecule has 0 aliphatic carbocycles. The average Bonchev–Trinajstić information content (AvgIpc) is 2.72. The maximum atomic E-state index is 12.7. The van der Waals surface area contributed by atoms with Crippen molar-refractivity contribution < 1.29 is 13.2 Å². The Bertz CT molecular complexity index is 916. The molecule has 0 unspecified atom stereocenters. The summed E-state index contributed by atoms with van der Waals surface area (Å²) in [5, 5.41) is 0. The molecule has 0 aliphatic rings. The Hall–Kier alpha value is -2.44. The highest BCUT2D eigenvalue weighted by molar-refractivity contribution is 7.89. The van der Waals surface area contributed by atoms with Crippen LogP contribution in [0.25, 0.3) is 6.08 Å². The van der Waals surface area contributed by atoms with E-state index in [1.54, 1.807) is 35.2 Å². The van der Waals surface area contributed by atoms with E-state index in [0.717, 1.165) is 11.1 Å². The van der Waals surface area contributed by atoms with E-state index in [1.165, 1.54) is 10.4 Å². The molecule has 0 saturated carbocycles. The predicted molar refractivity (Wildman–Crippen MR) is 118 cm³/mol. The molecular formula is C23H30N2O3S. The lowest BCUT2D eigenvalue weighted by Crippen LogP contribution is -2.35. The van der Waals surface area contributed by atoms with Crippen LogP contribution in [0.15, 0.2) is 65.6 Å². The highest BCUT2D eigenvalue weighted by Crippen LogP contribution is 2.17. The Kier molecular flexibility index (Phi) is 8.17. The summed E-state index contributed by atoms with van der Waals surface area (Å²) in [5.74, 6) is -0.0799. The van der Waals surface area contributed by atoms with Crippen molar-refractivity contribution in [1.82, 2.24) is 9.21 Å². The molecule has 2 aromatic carbocycles. The van der Waals surface area contributed by atoms with Gasteiger partial charge < -0.3 is 4.90 Å². The van der Waals surface area contributed by atoms with Crippen molar-refractivity contribution in [2.75, 3.05) is 13.1 Å². The van der Waals surface area contributed by atoms with E-state index in [9.17, 15) is 13.2 Å². The zero-order valence-corrected chi connectivity index (χ0v) is 18.4. The van der Waals surface area contributed by atoms with Crippen LogP contribution >= 0.6 is 0 Å². The molecular weight excluding hydrogens is 384 g/mol. The fourth-order valence-electron chi connectivity index (χ4n) is 3.02. The molecule has 0 radical (unpaired) electrons. The van der Waals surface area contributed by atoms with Gasteiger partial charge in [0.15, 0.2) is 0 Å². The van der Waals surface area contributed by atoms with Gasteiger partial charge in [0, 0.05) is 31.8 Å². The largest absolute Gasteiger partial charge is 0.332 e. The number of hydrogen-bond acceptors (Lipinski definition) is 3. The van der Waals surface area contributed by atoms with Gasteiger partial charge in [0.05, 0.1) is 4.90 Å². The second kappa shape index (κ2) is 10.4. The summed E-state index contributed by atoms with van der Waals surface area (Å²) < 4.78 is 26.5. The minimum Gasteiger partial charge on any atom is -0.332 e. The second-order valence-corrected chi connectivity index (χ2v) is 8.98. The van der Waals surface area contributed by atoms with E-state index in [-0.39, 0.29) is 16.8 Å². The number of sulfonamides is 1. The van der Waals surface area contributed by atoms with Crippen molar-refractivity contribution in [2.45, 2.75) is 45.2 Å². The molecule has 2 aromatic rings. The Morgan fingerprint density at radius 2 is 1.55 bits per heavy atom. The second-order valence-electron chi connectivity index (χ2n) is 7.04. The fourth-order valence-corrected chi connectivity index (χ4v) is 4.48. The maximum absolute atomic E-state index is 12.7. The topological polar surface area (TPSA) is 57.7 Å². The van der Waals surface area contributed by atoms with Crippen LogP contribution < -0.4 is 0 Å². The van der Waals surface area contributed by atoms with Crippen LogP contribution in [-0.2, 0) is 21.4 Å². The molecule has 6 heteroatoms. The van der Waals surface area contributed by atoms with Gasteiger partial charge in [-0.25, -0.2) is 8.42 Å². The number of amides is 1. The summed E-state index contributed by atoms with van der Waals surface area (Å²) >= 11 is 0. The van der Waals surface area contributed by atoms with Crippen molar-refractivity contribution in [3.8, 4) is 0 Å². The summed E-state index contributed by atoms with van der Waals surface area (Å²) in [7, 11) is -3.47. The van der Waals surface area contributed by atoms with Gasteiger partial charge in [0.2, 0.25) is 15.9 Å². The molecule has 5 nitrogen and oxygen atoms in total. The van der Waals surface area contributed by atoms with Gasteiger partial charge in [-0.2, -0.15) is 4.31 Å². The Morgan fingerprint density at radius 3 is 2.07 bits per heavy atom. The summed E-state index contributed by atoms with van der Waals surface area (Å²) in [5.41, 5.74) is 1.86. The summed E-state index contributed by atoms with van der Waals surface area (Å²) in [6, 6.07) is 16.5. The third kappa shape index (κ3) is 6.02. The first kappa shape index (κ1) is 22.8. The van der Waals surface area contributed by atoms with Crippen LogP contribution in [0.5, 0.6) is 0 Å². The van der Waals surface area contributed by atoms with Crippen LogP contribution in [0.1, 0.15) is 38.8 Å². The summed E-state index contributed by atoms with van der Waals surface area (Å²) in [6.45, 7) is 9.02. The van der Waals surface area contributed by atoms with E-state index in [0.29, 0.717) is 19.6 Å². The molecule has 2 rings (SSSR count). The molecule has 0 atom stereocenters. The zero-order valence-electron chi connectivity index (χ0n) is 17.6. The number of carbonyl (C=O) groups excluding carboxylic acids is 1. The Balaban J connectivity index is 2.12. The third-order valence-electron chi connectivity index (χ3n) is 4.74. The molecule has 156 valence electrons. The monoisotopic (exact) mass is 414 g/mol. The minimum atomic E-state index is -3.47. The van der Waals surface area contributed by atoms with Gasteiger partial charge in [-0.1, -0.05) is 56.3 Å². The van der Waals surface area contributed by atoms with Crippen molar-refractivity contribution in [1.29, 1.82) is 0 Å². The van der Waals surface area contributed by atoms with Gasteiger partial charge in [0.25, 0.3) is 0 Å². The van der Waals surface area contributed by atoms with Gasteiger partial charge >= 0.3 is 0 Å². The lowest BCUT2D eigenvalue weighted by atomic mass is 10.1. The van der Waals surface area contributed by atoms with Gasteiger partial charge in [-0.05, 0) is 43.2 Å². The molecule has 0 fully saturated rings.